The normalized spacial score (nSPS) is 10.9. The van der Waals surface area contributed by atoms with Crippen molar-refractivity contribution in [2.45, 2.75) is 19.4 Å². The van der Waals surface area contributed by atoms with Crippen LogP contribution in [0.2, 0.25) is 0 Å². The van der Waals surface area contributed by atoms with E-state index in [1.165, 1.54) is 22.9 Å². The molecule has 0 aliphatic heterocycles. The Hall–Kier alpha value is -2.96. The van der Waals surface area contributed by atoms with Crippen molar-refractivity contribution < 1.29 is 13.6 Å². The summed E-state index contributed by atoms with van der Waals surface area (Å²) in [5.74, 6) is -1.53. The lowest BCUT2D eigenvalue weighted by Gasteiger charge is -2.12. The highest BCUT2D eigenvalue weighted by atomic mass is 19.2. The minimum atomic E-state index is -0.925. The van der Waals surface area contributed by atoms with E-state index in [4.69, 9.17) is 0 Å². The van der Waals surface area contributed by atoms with Gasteiger partial charge in [-0.3, -0.25) is 4.79 Å². The fraction of sp³-hybridized carbons (Fsp3) is 0.176. The van der Waals surface area contributed by atoms with Crippen LogP contribution < -0.4 is 5.56 Å². The molecule has 0 aliphatic carbocycles. The molecule has 0 saturated heterocycles. The lowest BCUT2D eigenvalue weighted by molar-refractivity contribution is -0.108. The maximum atomic E-state index is 13.8. The van der Waals surface area contributed by atoms with Gasteiger partial charge in [-0.1, -0.05) is 12.1 Å². The van der Waals surface area contributed by atoms with Crippen LogP contribution in [0.5, 0.6) is 0 Å². The number of benzene rings is 1. The zero-order chi connectivity index (χ0) is 17.1. The van der Waals surface area contributed by atoms with Crippen molar-refractivity contribution in [2.75, 3.05) is 0 Å². The van der Waals surface area contributed by atoms with Crippen molar-refractivity contribution in [2.24, 2.45) is 0 Å². The third kappa shape index (κ3) is 2.92. The molecule has 5 nitrogen and oxygen atoms in total. The number of carbonyl (C=O) groups excluding carboxylic acids is 1. The quantitative estimate of drug-likeness (QED) is 0.672. The number of aryl methyl sites for hydroxylation is 2. The van der Waals surface area contributed by atoms with Gasteiger partial charge in [0.25, 0.3) is 5.56 Å². The van der Waals surface area contributed by atoms with Crippen LogP contribution in [-0.4, -0.2) is 20.8 Å². The van der Waals surface area contributed by atoms with Crippen molar-refractivity contribution in [3.05, 3.63) is 69.9 Å². The maximum absolute atomic E-state index is 13.8. The molecule has 122 valence electrons. The Bertz CT molecular complexity index is 970. The van der Waals surface area contributed by atoms with Crippen molar-refractivity contribution in [3.63, 3.8) is 0 Å². The first kappa shape index (κ1) is 15.9. The smallest absolute Gasteiger partial charge is 0.282 e. The monoisotopic (exact) mass is 329 g/mol. The molecular weight excluding hydrogens is 316 g/mol. The van der Waals surface area contributed by atoms with Crippen LogP contribution in [0.25, 0.3) is 11.0 Å². The summed E-state index contributed by atoms with van der Waals surface area (Å²) < 4.78 is 28.5. The third-order valence-corrected chi connectivity index (χ3v) is 3.72. The Morgan fingerprint density at radius 1 is 1.12 bits per heavy atom. The van der Waals surface area contributed by atoms with Gasteiger partial charge in [0.1, 0.15) is 17.8 Å². The van der Waals surface area contributed by atoms with E-state index in [1.807, 2.05) is 0 Å². The molecule has 0 fully saturated rings. The van der Waals surface area contributed by atoms with E-state index in [1.54, 1.807) is 12.1 Å². The van der Waals surface area contributed by atoms with Crippen molar-refractivity contribution in [1.82, 2.24) is 14.5 Å². The number of fused-ring (bicyclic) bond motifs is 1. The van der Waals surface area contributed by atoms with Gasteiger partial charge in [-0.2, -0.15) is 4.98 Å². The molecular formula is C17H13F2N3O2. The molecule has 0 radical (unpaired) electrons. The Balaban J connectivity index is 2.02. The first-order chi connectivity index (χ1) is 11.6. The van der Waals surface area contributed by atoms with Crippen LogP contribution in [-0.2, 0) is 24.2 Å². The summed E-state index contributed by atoms with van der Waals surface area (Å²) in [6.07, 6.45) is 2.51. The van der Waals surface area contributed by atoms with E-state index in [0.717, 1.165) is 6.07 Å². The lowest BCUT2D eigenvalue weighted by Crippen LogP contribution is -2.21. The van der Waals surface area contributed by atoms with Gasteiger partial charge in [-0.15, -0.1) is 0 Å². The highest BCUT2D eigenvalue weighted by molar-refractivity contribution is 5.74. The topological polar surface area (TPSA) is 64.8 Å². The predicted octanol–water partition coefficient (Wildman–Crippen LogP) is 2.05. The molecule has 2 aromatic heterocycles. The van der Waals surface area contributed by atoms with E-state index in [2.05, 4.69) is 9.97 Å². The molecule has 7 heteroatoms. The summed E-state index contributed by atoms with van der Waals surface area (Å²) in [5, 5.41) is 0.306. The van der Waals surface area contributed by atoms with Crippen LogP contribution in [0.1, 0.15) is 11.4 Å². The van der Waals surface area contributed by atoms with Gasteiger partial charge in [0.2, 0.25) is 0 Å². The number of carbonyl (C=O) groups is 1. The minimum Gasteiger partial charge on any atom is -0.307 e. The minimum absolute atomic E-state index is 0.0260. The highest BCUT2D eigenvalue weighted by Crippen LogP contribution is 2.15. The number of hydrogen-bond acceptors (Lipinski definition) is 4. The van der Waals surface area contributed by atoms with Gasteiger partial charge < -0.3 is 9.36 Å². The molecule has 0 atom stereocenters. The number of pyridine rings is 1. The number of aromatic nitrogens is 3. The Kier molecular flexibility index (Phi) is 4.41. The molecule has 0 aliphatic rings. The second kappa shape index (κ2) is 6.66. The molecule has 0 amide bonds. The Morgan fingerprint density at radius 2 is 1.96 bits per heavy atom. The maximum Gasteiger partial charge on any atom is 0.282 e. The first-order valence-corrected chi connectivity index (χ1v) is 7.32. The fourth-order valence-corrected chi connectivity index (χ4v) is 2.58. The first-order valence-electron chi connectivity index (χ1n) is 7.32. The summed E-state index contributed by atoms with van der Waals surface area (Å²) in [5.41, 5.74) is 0.0669. The summed E-state index contributed by atoms with van der Waals surface area (Å²) >= 11 is 0. The molecule has 3 rings (SSSR count). The molecule has 1 aromatic carbocycles. The van der Waals surface area contributed by atoms with Crippen LogP contribution >= 0.6 is 0 Å². The molecule has 24 heavy (non-hydrogen) atoms. The SMILES string of the molecule is O=CCn1c(CCc2cccc(F)c2F)nc(=O)c2cccnc21. The number of aldehydes is 1. The van der Waals surface area contributed by atoms with Crippen LogP contribution in [0.3, 0.4) is 0 Å². The summed E-state index contributed by atoms with van der Waals surface area (Å²) in [7, 11) is 0. The van der Waals surface area contributed by atoms with Crippen LogP contribution in [0, 0.1) is 11.6 Å². The zero-order valence-electron chi connectivity index (χ0n) is 12.6. The van der Waals surface area contributed by atoms with Crippen LogP contribution in [0.15, 0.2) is 41.3 Å². The molecule has 0 bridgehead atoms. The number of rotatable bonds is 5. The van der Waals surface area contributed by atoms with Gasteiger partial charge >= 0.3 is 0 Å². The second-order valence-corrected chi connectivity index (χ2v) is 5.20. The largest absolute Gasteiger partial charge is 0.307 e. The summed E-state index contributed by atoms with van der Waals surface area (Å²) in [6.45, 7) is -0.0260. The molecule has 0 spiro atoms. The molecule has 2 heterocycles. The fourth-order valence-electron chi connectivity index (χ4n) is 2.58. The van der Waals surface area contributed by atoms with Gasteiger partial charge in [0, 0.05) is 12.6 Å². The molecule has 0 saturated carbocycles. The number of nitrogens with zero attached hydrogens (tertiary/aromatic N) is 3. The van der Waals surface area contributed by atoms with Gasteiger partial charge in [-0.05, 0) is 30.2 Å². The van der Waals surface area contributed by atoms with E-state index in [0.29, 0.717) is 23.1 Å². The molecule has 3 aromatic rings. The lowest BCUT2D eigenvalue weighted by atomic mass is 10.1. The van der Waals surface area contributed by atoms with E-state index in [9.17, 15) is 18.4 Å². The van der Waals surface area contributed by atoms with Crippen LogP contribution in [0.4, 0.5) is 8.78 Å². The molecule has 0 unspecified atom stereocenters. The highest BCUT2D eigenvalue weighted by Gasteiger charge is 2.13. The standard InChI is InChI=1S/C17H13F2N3O2/c18-13-5-1-3-11(15(13)19)6-7-14-21-17(24)12-4-2-8-20-16(12)22(14)9-10-23/h1-5,8,10H,6-7,9H2. The van der Waals surface area contributed by atoms with E-state index in [-0.39, 0.29) is 24.9 Å². The van der Waals surface area contributed by atoms with E-state index >= 15 is 0 Å². The van der Waals surface area contributed by atoms with Gasteiger partial charge in [0.15, 0.2) is 11.6 Å². The summed E-state index contributed by atoms with van der Waals surface area (Å²) in [6, 6.07) is 7.12. The van der Waals surface area contributed by atoms with Gasteiger partial charge in [0.05, 0.1) is 11.9 Å². The molecule has 0 N–H and O–H groups in total. The van der Waals surface area contributed by atoms with E-state index < -0.39 is 17.2 Å². The summed E-state index contributed by atoms with van der Waals surface area (Å²) in [4.78, 5) is 31.2. The second-order valence-electron chi connectivity index (χ2n) is 5.20. The number of halogens is 2. The average molecular weight is 329 g/mol. The van der Waals surface area contributed by atoms with Crippen molar-refractivity contribution >= 4 is 17.3 Å². The average Bonchev–Trinajstić information content (AvgIpc) is 2.59. The Labute approximate surface area is 135 Å². The van der Waals surface area contributed by atoms with Crippen molar-refractivity contribution in [1.29, 1.82) is 0 Å². The zero-order valence-corrected chi connectivity index (χ0v) is 12.6. The third-order valence-electron chi connectivity index (χ3n) is 3.72. The van der Waals surface area contributed by atoms with Crippen molar-refractivity contribution in [3.8, 4) is 0 Å². The predicted molar refractivity (Wildman–Crippen MR) is 83.6 cm³/mol. The van der Waals surface area contributed by atoms with Gasteiger partial charge in [-0.25, -0.2) is 13.8 Å². The number of hydrogen-bond donors (Lipinski definition) is 0. The Morgan fingerprint density at radius 3 is 2.75 bits per heavy atom.